The Kier molecular flexibility index (Phi) is 4.51. The molecule has 7 heteroatoms. The molecule has 0 amide bonds. The van der Waals surface area contributed by atoms with Crippen molar-refractivity contribution in [2.75, 3.05) is 14.2 Å². The maximum absolute atomic E-state index is 12.8. The average molecular weight is 366 g/mol. The van der Waals surface area contributed by atoms with E-state index in [0.29, 0.717) is 35.7 Å². The summed E-state index contributed by atoms with van der Waals surface area (Å²) in [6.07, 6.45) is 4.67. The van der Waals surface area contributed by atoms with E-state index in [1.54, 1.807) is 24.9 Å². The number of Topliss-reactive ketones (excluding diaryl/α,β-unsaturated/α-hetero) is 1. The van der Waals surface area contributed by atoms with Crippen LogP contribution in [0.25, 0.3) is 5.78 Å². The van der Waals surface area contributed by atoms with Crippen LogP contribution in [0, 0.1) is 0 Å². The van der Waals surface area contributed by atoms with Gasteiger partial charge in [0.25, 0.3) is 5.78 Å². The van der Waals surface area contributed by atoms with Crippen LogP contribution in [0.2, 0.25) is 0 Å². The Balaban J connectivity index is 1.69. The van der Waals surface area contributed by atoms with Gasteiger partial charge in [-0.05, 0) is 36.5 Å². The maximum atomic E-state index is 12.8. The summed E-state index contributed by atoms with van der Waals surface area (Å²) in [5, 5.41) is 4.42. The van der Waals surface area contributed by atoms with Gasteiger partial charge in [0.2, 0.25) is 0 Å². The Morgan fingerprint density at radius 2 is 1.96 bits per heavy atom. The lowest BCUT2D eigenvalue weighted by atomic mass is 9.82. The fourth-order valence-corrected chi connectivity index (χ4v) is 3.60. The van der Waals surface area contributed by atoms with Crippen LogP contribution in [0.5, 0.6) is 11.5 Å². The molecule has 2 aromatic heterocycles. The van der Waals surface area contributed by atoms with Crippen LogP contribution in [0.4, 0.5) is 0 Å². The summed E-state index contributed by atoms with van der Waals surface area (Å²) >= 11 is 0. The number of fused-ring (bicyclic) bond motifs is 2. The van der Waals surface area contributed by atoms with Gasteiger partial charge in [-0.25, -0.2) is 9.50 Å². The van der Waals surface area contributed by atoms with E-state index in [2.05, 4.69) is 22.0 Å². The Hall–Kier alpha value is -2.96. The number of aryl methyl sites for hydroxylation is 1. The molecule has 0 fully saturated rings. The summed E-state index contributed by atoms with van der Waals surface area (Å²) in [5.74, 6) is 2.79. The number of ether oxygens (including phenoxy) is 2. The first-order valence-electron chi connectivity index (χ1n) is 9.13. The molecule has 27 heavy (non-hydrogen) atoms. The van der Waals surface area contributed by atoms with E-state index in [4.69, 9.17) is 9.47 Å². The minimum atomic E-state index is 0.0535. The van der Waals surface area contributed by atoms with Gasteiger partial charge in [-0.15, -0.1) is 5.10 Å². The van der Waals surface area contributed by atoms with Crippen LogP contribution in [0.3, 0.4) is 0 Å². The Labute approximate surface area is 157 Å². The predicted molar refractivity (Wildman–Crippen MR) is 99.7 cm³/mol. The van der Waals surface area contributed by atoms with Crippen molar-refractivity contribution in [1.29, 1.82) is 0 Å². The first-order valence-corrected chi connectivity index (χ1v) is 9.13. The monoisotopic (exact) mass is 366 g/mol. The Morgan fingerprint density at radius 3 is 2.70 bits per heavy atom. The summed E-state index contributed by atoms with van der Waals surface area (Å²) in [6.45, 7) is 2.08. The zero-order chi connectivity index (χ0) is 19.0. The lowest BCUT2D eigenvalue weighted by Crippen LogP contribution is -2.21. The van der Waals surface area contributed by atoms with E-state index >= 15 is 0 Å². The maximum Gasteiger partial charge on any atom is 0.252 e. The van der Waals surface area contributed by atoms with Crippen LogP contribution >= 0.6 is 0 Å². The third kappa shape index (κ3) is 3.13. The largest absolute Gasteiger partial charge is 0.493 e. The number of ketones is 1. The zero-order valence-corrected chi connectivity index (χ0v) is 15.7. The molecule has 0 spiro atoms. The normalized spacial score (nSPS) is 16.4. The molecule has 0 bridgehead atoms. The summed E-state index contributed by atoms with van der Waals surface area (Å²) in [5.41, 5.74) is 2.47. The second-order valence-electron chi connectivity index (χ2n) is 6.77. The first kappa shape index (κ1) is 17.5. The predicted octanol–water partition coefficient (Wildman–Crippen LogP) is 3.01. The molecule has 2 heterocycles. The number of hydrogen-bond donors (Lipinski definition) is 0. The van der Waals surface area contributed by atoms with Gasteiger partial charge >= 0.3 is 0 Å². The molecule has 0 N–H and O–H groups in total. The smallest absolute Gasteiger partial charge is 0.252 e. The van der Waals surface area contributed by atoms with Crippen LogP contribution in [0.1, 0.15) is 53.1 Å². The SMILES string of the molecule is CCCc1nc2nc3c(cn2n1)C(=O)CC(c1ccc(OC)c(OC)c1)C3. The van der Waals surface area contributed by atoms with E-state index in [0.717, 1.165) is 29.9 Å². The zero-order valence-electron chi connectivity index (χ0n) is 15.7. The first-order chi connectivity index (χ1) is 13.1. The third-order valence-electron chi connectivity index (χ3n) is 4.98. The molecule has 1 unspecified atom stereocenters. The quantitative estimate of drug-likeness (QED) is 0.691. The lowest BCUT2D eigenvalue weighted by molar-refractivity contribution is 0.0962. The molecular formula is C20H22N4O3. The number of hydrogen-bond acceptors (Lipinski definition) is 6. The minimum absolute atomic E-state index is 0.0535. The number of rotatable bonds is 5. The minimum Gasteiger partial charge on any atom is -0.493 e. The number of carbonyl (C=O) groups excluding carboxylic acids is 1. The molecule has 1 atom stereocenters. The molecule has 3 aromatic rings. The van der Waals surface area contributed by atoms with Crippen molar-refractivity contribution >= 4 is 11.6 Å². The van der Waals surface area contributed by atoms with Crippen LogP contribution in [-0.2, 0) is 12.8 Å². The van der Waals surface area contributed by atoms with E-state index in [1.165, 1.54) is 0 Å². The lowest BCUT2D eigenvalue weighted by Gasteiger charge is -2.23. The van der Waals surface area contributed by atoms with E-state index in [1.807, 2.05) is 18.2 Å². The van der Waals surface area contributed by atoms with Gasteiger partial charge < -0.3 is 9.47 Å². The standard InChI is InChI=1S/C20H22N4O3/c1-4-5-19-22-20-21-15-8-13(9-16(25)14(15)11-24(20)23-19)12-6-7-17(26-2)18(10-12)27-3/h6-7,10-11,13H,4-5,8-9H2,1-3H3. The van der Waals surface area contributed by atoms with Crippen molar-refractivity contribution in [2.45, 2.75) is 38.5 Å². The molecule has 4 rings (SSSR count). The Morgan fingerprint density at radius 1 is 1.15 bits per heavy atom. The molecule has 0 saturated heterocycles. The summed E-state index contributed by atoms with van der Waals surface area (Å²) in [6, 6.07) is 5.80. The third-order valence-corrected chi connectivity index (χ3v) is 4.98. The number of nitrogens with zero attached hydrogens (tertiary/aromatic N) is 4. The van der Waals surface area contributed by atoms with Crippen molar-refractivity contribution in [2.24, 2.45) is 0 Å². The topological polar surface area (TPSA) is 78.6 Å². The molecule has 7 nitrogen and oxygen atoms in total. The summed E-state index contributed by atoms with van der Waals surface area (Å²) in [4.78, 5) is 21.9. The highest BCUT2D eigenvalue weighted by molar-refractivity contribution is 5.98. The highest BCUT2D eigenvalue weighted by Crippen LogP contribution is 2.36. The van der Waals surface area contributed by atoms with E-state index in [-0.39, 0.29) is 11.7 Å². The number of benzene rings is 1. The average Bonchev–Trinajstić information content (AvgIpc) is 3.07. The van der Waals surface area contributed by atoms with Crippen molar-refractivity contribution in [3.63, 3.8) is 0 Å². The van der Waals surface area contributed by atoms with Crippen molar-refractivity contribution in [3.05, 3.63) is 47.0 Å². The fourth-order valence-electron chi connectivity index (χ4n) is 3.60. The molecule has 0 saturated carbocycles. The van der Waals surface area contributed by atoms with Gasteiger partial charge in [0.15, 0.2) is 23.1 Å². The second-order valence-corrected chi connectivity index (χ2v) is 6.77. The molecule has 0 aliphatic heterocycles. The number of methoxy groups -OCH3 is 2. The summed E-state index contributed by atoms with van der Waals surface area (Å²) in [7, 11) is 3.22. The van der Waals surface area contributed by atoms with Gasteiger partial charge in [-0.1, -0.05) is 13.0 Å². The van der Waals surface area contributed by atoms with Gasteiger partial charge in [0.05, 0.1) is 25.5 Å². The molecule has 1 aliphatic carbocycles. The molecule has 0 radical (unpaired) electrons. The van der Waals surface area contributed by atoms with Crippen molar-refractivity contribution in [3.8, 4) is 11.5 Å². The molecule has 1 aliphatic rings. The van der Waals surface area contributed by atoms with Gasteiger partial charge in [-0.3, -0.25) is 4.79 Å². The second kappa shape index (κ2) is 6.98. The van der Waals surface area contributed by atoms with E-state index in [9.17, 15) is 4.79 Å². The van der Waals surface area contributed by atoms with Gasteiger partial charge in [0, 0.05) is 19.0 Å². The highest BCUT2D eigenvalue weighted by Gasteiger charge is 2.29. The molecular weight excluding hydrogens is 344 g/mol. The van der Waals surface area contributed by atoms with E-state index < -0.39 is 0 Å². The van der Waals surface area contributed by atoms with Gasteiger partial charge in [-0.2, -0.15) is 4.98 Å². The summed E-state index contributed by atoms with van der Waals surface area (Å²) < 4.78 is 12.3. The molecule has 1 aromatic carbocycles. The Bertz CT molecular complexity index is 1010. The van der Waals surface area contributed by atoms with Crippen molar-refractivity contribution in [1.82, 2.24) is 19.6 Å². The molecule has 140 valence electrons. The van der Waals surface area contributed by atoms with Crippen molar-refractivity contribution < 1.29 is 14.3 Å². The number of aromatic nitrogens is 4. The van der Waals surface area contributed by atoms with Gasteiger partial charge in [0.1, 0.15) is 0 Å². The highest BCUT2D eigenvalue weighted by atomic mass is 16.5. The number of carbonyl (C=O) groups is 1. The van der Waals surface area contributed by atoms with Crippen LogP contribution < -0.4 is 9.47 Å². The van der Waals surface area contributed by atoms with Crippen LogP contribution in [0.15, 0.2) is 24.4 Å². The van der Waals surface area contributed by atoms with Crippen LogP contribution in [-0.4, -0.2) is 39.6 Å². The fraction of sp³-hybridized carbons (Fsp3) is 0.400.